The van der Waals surface area contributed by atoms with E-state index in [1.165, 1.54) is 0 Å². The molecule has 5 N–H and O–H groups in total. The Kier molecular flexibility index (Phi) is 5.30. The Hall–Kier alpha value is -2.23. The second kappa shape index (κ2) is 7.40. The molecule has 5 nitrogen and oxygen atoms in total. The third-order valence-electron chi connectivity index (χ3n) is 6.91. The van der Waals surface area contributed by atoms with Gasteiger partial charge in [0.2, 0.25) is 5.91 Å². The van der Waals surface area contributed by atoms with E-state index in [9.17, 15) is 26.7 Å². The summed E-state index contributed by atoms with van der Waals surface area (Å²) < 4.78 is 67.3. The number of hydrogen-bond donors (Lipinski definition) is 3. The van der Waals surface area contributed by atoms with E-state index in [2.05, 4.69) is 9.97 Å². The Labute approximate surface area is 182 Å². The number of halogens is 5. The lowest BCUT2D eigenvalue weighted by Crippen LogP contribution is -2.35. The van der Waals surface area contributed by atoms with Gasteiger partial charge in [0, 0.05) is 12.3 Å². The van der Waals surface area contributed by atoms with E-state index < -0.39 is 47.2 Å². The number of H-pyrrole nitrogens is 1. The zero-order chi connectivity index (χ0) is 23.6. The number of nitrogens with two attached hydrogens (primary N) is 2. The second-order valence-electron chi connectivity index (χ2n) is 9.95. The molecule has 1 aromatic carbocycles. The summed E-state index contributed by atoms with van der Waals surface area (Å²) in [7, 11) is 0. The van der Waals surface area contributed by atoms with Crippen LogP contribution in [0.4, 0.5) is 22.0 Å². The SMILES string of the molecule is CC(C)(C[C@H](N)c1nc2ccc([C@H](C3CC3)C(C(N)=O)C3CC3(F)F)cc2[nH]1)C(F)(F)F. The van der Waals surface area contributed by atoms with Crippen molar-refractivity contribution in [3.8, 4) is 0 Å². The molecule has 0 aliphatic heterocycles. The molecule has 2 aliphatic rings. The van der Waals surface area contributed by atoms with E-state index in [1.54, 1.807) is 18.2 Å². The number of aromatic amines is 1. The predicted molar refractivity (Wildman–Crippen MR) is 109 cm³/mol. The summed E-state index contributed by atoms with van der Waals surface area (Å²) in [5.74, 6) is -5.75. The highest BCUT2D eigenvalue weighted by atomic mass is 19.4. The van der Waals surface area contributed by atoms with Crippen molar-refractivity contribution in [3.63, 3.8) is 0 Å². The summed E-state index contributed by atoms with van der Waals surface area (Å²) in [5, 5.41) is 0. The predicted octanol–water partition coefficient (Wildman–Crippen LogP) is 4.79. The van der Waals surface area contributed by atoms with Gasteiger partial charge >= 0.3 is 6.18 Å². The van der Waals surface area contributed by atoms with Crippen molar-refractivity contribution in [3.05, 3.63) is 29.6 Å². The van der Waals surface area contributed by atoms with Gasteiger partial charge in [-0.2, -0.15) is 13.2 Å². The molecule has 2 saturated carbocycles. The molecule has 4 rings (SSSR count). The first-order chi connectivity index (χ1) is 14.7. The van der Waals surface area contributed by atoms with Crippen molar-refractivity contribution in [1.82, 2.24) is 9.97 Å². The monoisotopic (exact) mass is 458 g/mol. The zero-order valence-corrected chi connectivity index (χ0v) is 17.8. The number of imidazole rings is 1. The largest absolute Gasteiger partial charge is 0.394 e. The first kappa shape index (κ1) is 22.9. The molecule has 10 heteroatoms. The van der Waals surface area contributed by atoms with Crippen LogP contribution in [0.5, 0.6) is 0 Å². The van der Waals surface area contributed by atoms with Crippen molar-refractivity contribution in [2.75, 3.05) is 0 Å². The van der Waals surface area contributed by atoms with Gasteiger partial charge in [0.05, 0.1) is 28.4 Å². The minimum absolute atomic E-state index is 0.0959. The van der Waals surface area contributed by atoms with Crippen molar-refractivity contribution >= 4 is 16.9 Å². The molecule has 1 aromatic heterocycles. The fraction of sp³-hybridized carbons (Fsp3) is 0.636. The maximum absolute atomic E-state index is 13.8. The van der Waals surface area contributed by atoms with Crippen LogP contribution in [0, 0.1) is 23.2 Å². The lowest BCUT2D eigenvalue weighted by Gasteiger charge is -2.29. The number of carbonyl (C=O) groups excluding carboxylic acids is 1. The van der Waals surface area contributed by atoms with Crippen molar-refractivity contribution in [2.45, 2.75) is 63.6 Å². The van der Waals surface area contributed by atoms with Gasteiger partial charge in [0.1, 0.15) is 5.82 Å². The standard InChI is InChI=1S/C22H27F5N4O/c1-20(2,22(25,26)27)9-13(28)19-30-14-6-5-11(7-15(14)31-19)16(10-3-4-10)17(18(29)32)12-8-21(12,23)24/h5-7,10,12-13,16-17H,3-4,8-9,28H2,1-2H3,(H2,29,32)(H,30,31)/t12?,13-,16-,17?/m0/s1. The van der Waals surface area contributed by atoms with Crippen LogP contribution in [0.3, 0.4) is 0 Å². The smallest absolute Gasteiger partial charge is 0.369 e. The number of aromatic nitrogens is 2. The van der Waals surface area contributed by atoms with Gasteiger partial charge in [0.25, 0.3) is 5.92 Å². The number of fused-ring (bicyclic) bond motifs is 1. The van der Waals surface area contributed by atoms with Crippen LogP contribution in [0.25, 0.3) is 11.0 Å². The number of amides is 1. The zero-order valence-electron chi connectivity index (χ0n) is 17.8. The Balaban J connectivity index is 1.63. The van der Waals surface area contributed by atoms with Gasteiger partial charge in [-0.1, -0.05) is 19.9 Å². The van der Waals surface area contributed by atoms with E-state index in [0.29, 0.717) is 16.6 Å². The fourth-order valence-corrected chi connectivity index (χ4v) is 4.67. The van der Waals surface area contributed by atoms with Gasteiger partial charge in [-0.05, 0) is 48.8 Å². The first-order valence-corrected chi connectivity index (χ1v) is 10.7. The van der Waals surface area contributed by atoms with Crippen LogP contribution in [0.2, 0.25) is 0 Å². The van der Waals surface area contributed by atoms with Crippen LogP contribution < -0.4 is 11.5 Å². The molecular formula is C22H27F5N4O. The minimum atomic E-state index is -4.41. The normalized spacial score (nSPS) is 23.7. The van der Waals surface area contributed by atoms with E-state index >= 15 is 0 Å². The van der Waals surface area contributed by atoms with Crippen LogP contribution >= 0.6 is 0 Å². The van der Waals surface area contributed by atoms with Gasteiger partial charge in [0.15, 0.2) is 0 Å². The van der Waals surface area contributed by atoms with Gasteiger partial charge in [-0.25, -0.2) is 13.8 Å². The molecule has 2 unspecified atom stereocenters. The Morgan fingerprint density at radius 3 is 2.41 bits per heavy atom. The molecule has 4 atom stereocenters. The van der Waals surface area contributed by atoms with E-state index in [1.807, 2.05) is 0 Å². The summed E-state index contributed by atoms with van der Waals surface area (Å²) in [6.07, 6.45) is -3.44. The van der Waals surface area contributed by atoms with Crippen molar-refractivity contribution in [2.24, 2.45) is 34.6 Å². The maximum Gasteiger partial charge on any atom is 0.394 e. The number of alkyl halides is 5. The molecule has 2 aliphatic carbocycles. The molecule has 2 aromatic rings. The van der Waals surface area contributed by atoms with Crippen molar-refractivity contribution < 1.29 is 26.7 Å². The molecule has 1 heterocycles. The lowest BCUT2D eigenvalue weighted by molar-refractivity contribution is -0.215. The highest BCUT2D eigenvalue weighted by Crippen LogP contribution is 2.60. The van der Waals surface area contributed by atoms with E-state index in [-0.39, 0.29) is 24.6 Å². The Morgan fingerprint density at radius 1 is 1.28 bits per heavy atom. The topological polar surface area (TPSA) is 97.8 Å². The third kappa shape index (κ3) is 4.21. The molecular weight excluding hydrogens is 431 g/mol. The Bertz CT molecular complexity index is 1030. The highest BCUT2D eigenvalue weighted by molar-refractivity contribution is 5.80. The molecule has 32 heavy (non-hydrogen) atoms. The first-order valence-electron chi connectivity index (χ1n) is 10.7. The van der Waals surface area contributed by atoms with Crippen LogP contribution in [-0.4, -0.2) is 28.0 Å². The summed E-state index contributed by atoms with van der Waals surface area (Å²) in [6, 6.07) is 4.17. The van der Waals surface area contributed by atoms with E-state index in [4.69, 9.17) is 11.5 Å². The number of rotatable bonds is 8. The highest BCUT2D eigenvalue weighted by Gasteiger charge is 2.64. The molecule has 0 saturated heterocycles. The molecule has 0 bridgehead atoms. The summed E-state index contributed by atoms with van der Waals surface area (Å²) in [6.45, 7) is 2.18. The maximum atomic E-state index is 13.8. The third-order valence-corrected chi connectivity index (χ3v) is 6.91. The van der Waals surface area contributed by atoms with Gasteiger partial charge in [-0.3, -0.25) is 4.79 Å². The number of hydrogen-bond acceptors (Lipinski definition) is 3. The fourth-order valence-electron chi connectivity index (χ4n) is 4.67. The number of benzene rings is 1. The number of nitrogens with zero attached hydrogens (tertiary/aromatic N) is 1. The van der Waals surface area contributed by atoms with Crippen molar-refractivity contribution in [1.29, 1.82) is 0 Å². The number of primary amides is 1. The molecule has 1 amide bonds. The average Bonchev–Trinajstić information content (AvgIpc) is 3.54. The molecule has 2 fully saturated rings. The Morgan fingerprint density at radius 2 is 1.91 bits per heavy atom. The summed E-state index contributed by atoms with van der Waals surface area (Å²) in [5.41, 5.74) is 11.3. The number of nitrogens with one attached hydrogen (secondary N) is 1. The number of carbonyl (C=O) groups is 1. The minimum Gasteiger partial charge on any atom is -0.369 e. The lowest BCUT2D eigenvalue weighted by atomic mass is 9.78. The molecule has 0 spiro atoms. The van der Waals surface area contributed by atoms with Crippen LogP contribution in [0.15, 0.2) is 18.2 Å². The average molecular weight is 458 g/mol. The summed E-state index contributed by atoms with van der Waals surface area (Å²) >= 11 is 0. The summed E-state index contributed by atoms with van der Waals surface area (Å²) in [4.78, 5) is 19.5. The van der Waals surface area contributed by atoms with Gasteiger partial charge in [-0.15, -0.1) is 0 Å². The second-order valence-corrected chi connectivity index (χ2v) is 9.95. The van der Waals surface area contributed by atoms with E-state index in [0.717, 1.165) is 26.7 Å². The van der Waals surface area contributed by atoms with Crippen LogP contribution in [-0.2, 0) is 4.79 Å². The quantitative estimate of drug-likeness (QED) is 0.496. The van der Waals surface area contributed by atoms with Crippen LogP contribution in [0.1, 0.15) is 62.9 Å². The molecule has 0 radical (unpaired) electrons. The molecule has 176 valence electrons. The van der Waals surface area contributed by atoms with Gasteiger partial charge < -0.3 is 16.5 Å².